The Kier molecular flexibility index (Phi) is 15.8. The van der Waals surface area contributed by atoms with Gasteiger partial charge in [-0.15, -0.1) is 37.2 Å². The van der Waals surface area contributed by atoms with E-state index in [1.54, 1.807) is 0 Å². The van der Waals surface area contributed by atoms with Gasteiger partial charge in [-0.1, -0.05) is 0 Å². The second kappa shape index (κ2) is 6.29. The van der Waals surface area contributed by atoms with Crippen LogP contribution < -0.4 is 0 Å². The van der Waals surface area contributed by atoms with Crippen molar-refractivity contribution in [3.05, 3.63) is 0 Å². The third-order valence-corrected chi connectivity index (χ3v) is 0. The van der Waals surface area contributed by atoms with Crippen LogP contribution in [0.15, 0.2) is 0 Å². The van der Waals surface area contributed by atoms with E-state index in [2.05, 4.69) is 0 Å². The van der Waals surface area contributed by atoms with E-state index in [0.717, 1.165) is 0 Å². The maximum absolute atomic E-state index is 4.98. The van der Waals surface area contributed by atoms with Crippen LogP contribution >= 0.6 is 96.8 Å². The minimum atomic E-state index is -3.69. The van der Waals surface area contributed by atoms with Crippen molar-refractivity contribution < 1.29 is 0 Å². The summed E-state index contributed by atoms with van der Waals surface area (Å²) in [5.74, 6) is 0. The molecule has 0 aliphatic rings. The van der Waals surface area contributed by atoms with Gasteiger partial charge in [0, 0.05) is 0 Å². The summed E-state index contributed by atoms with van der Waals surface area (Å²) in [4.78, 5) is 0. The van der Waals surface area contributed by atoms with E-state index in [-0.39, 0.29) is 37.2 Å². The molecular weight excluding hydrogens is 315 g/mol. The fraction of sp³-hybridized carbons (Fsp3) is 0. The summed E-state index contributed by atoms with van der Waals surface area (Å²) >= 11 is 24.9. The normalized spacial score (nSPS) is 12.8. The zero-order chi connectivity index (χ0) is 5.45. The van der Waals surface area contributed by atoms with Crippen molar-refractivity contribution in [2.45, 2.75) is 0 Å². The third-order valence-electron chi connectivity index (χ3n) is 0. The maximum atomic E-state index is 4.98. The number of hydrogen-bond donors (Lipinski definition) is 0. The molecule has 0 rings (SSSR count). The molecular formula is H3Cl8P. The van der Waals surface area contributed by atoms with Crippen LogP contribution in [0.1, 0.15) is 0 Å². The Labute approximate surface area is 96.0 Å². The van der Waals surface area contributed by atoms with Crippen LogP contribution in [0, 0.1) is 0 Å². The molecule has 0 saturated carbocycles. The fourth-order valence-corrected chi connectivity index (χ4v) is 0. The molecule has 0 atom stereocenters. The van der Waals surface area contributed by atoms with Gasteiger partial charge in [-0.25, -0.2) is 0 Å². The van der Waals surface area contributed by atoms with Gasteiger partial charge in [-0.2, -0.15) is 0 Å². The standard InChI is InChI=1S/Cl5P.3ClH/c1-6(2,3,4)5;;;/h;3*1H. The Balaban J connectivity index is -0.0000000417. The molecule has 0 heterocycles. The average molecular weight is 318 g/mol. The van der Waals surface area contributed by atoms with Gasteiger partial charge < -0.3 is 0 Å². The molecule has 64 valence electrons. The van der Waals surface area contributed by atoms with Crippen molar-refractivity contribution >= 4 is 96.8 Å². The molecule has 0 amide bonds. The van der Waals surface area contributed by atoms with Gasteiger partial charge in [0.15, 0.2) is 0 Å². The van der Waals surface area contributed by atoms with E-state index in [4.69, 9.17) is 56.2 Å². The molecule has 0 saturated heterocycles. The minimum absolute atomic E-state index is 0. The molecule has 9 heteroatoms. The van der Waals surface area contributed by atoms with Crippen molar-refractivity contribution in [1.29, 1.82) is 0 Å². The van der Waals surface area contributed by atoms with E-state index < -0.39 is 3.37 Å². The van der Waals surface area contributed by atoms with E-state index in [0.29, 0.717) is 0 Å². The number of halogens is 8. The molecule has 0 N–H and O–H groups in total. The molecule has 0 aromatic carbocycles. The van der Waals surface area contributed by atoms with Crippen molar-refractivity contribution in [1.82, 2.24) is 0 Å². The predicted molar refractivity (Wildman–Crippen MR) is 57.9 cm³/mol. The van der Waals surface area contributed by atoms with Crippen LogP contribution in [0.5, 0.6) is 0 Å². The van der Waals surface area contributed by atoms with Crippen molar-refractivity contribution in [3.63, 3.8) is 0 Å². The molecule has 0 spiro atoms. The van der Waals surface area contributed by atoms with Crippen LogP contribution in [0.4, 0.5) is 0 Å². The zero-order valence-corrected chi connectivity index (χ0v) is 10.7. The molecule has 0 fully saturated rings. The molecule has 0 aliphatic carbocycles. The average Bonchev–Trinajstić information content (AvgIpc) is 0.650. The first-order valence-corrected chi connectivity index (χ1v) is 7.61. The molecule has 0 bridgehead atoms. The Bertz CT molecular complexity index is 37.7. The van der Waals surface area contributed by atoms with Crippen LogP contribution in [-0.4, -0.2) is 0 Å². The summed E-state index contributed by atoms with van der Waals surface area (Å²) < 4.78 is -3.69. The first-order chi connectivity index (χ1) is 2.24. The molecule has 9 heavy (non-hydrogen) atoms. The van der Waals surface area contributed by atoms with E-state index >= 15 is 0 Å². The molecule has 0 aromatic rings. The van der Waals surface area contributed by atoms with Gasteiger partial charge in [-0.05, 0) is 0 Å². The SMILES string of the molecule is Cl.Cl.Cl.ClP(Cl)(Cl)(Cl)Cl. The summed E-state index contributed by atoms with van der Waals surface area (Å²) in [6.45, 7) is 0. The topological polar surface area (TPSA) is 0 Å². The van der Waals surface area contributed by atoms with Crippen molar-refractivity contribution in [2.24, 2.45) is 0 Å². The van der Waals surface area contributed by atoms with E-state index in [9.17, 15) is 0 Å². The Morgan fingerprint density at radius 1 is 0.556 bits per heavy atom. The van der Waals surface area contributed by atoms with Gasteiger partial charge in [0.1, 0.15) is 0 Å². The predicted octanol–water partition coefficient (Wildman–Crippen LogP) is 5.57. The fourth-order valence-electron chi connectivity index (χ4n) is 0. The Morgan fingerprint density at radius 3 is 0.556 bits per heavy atom. The van der Waals surface area contributed by atoms with Crippen molar-refractivity contribution in [2.75, 3.05) is 0 Å². The summed E-state index contributed by atoms with van der Waals surface area (Å²) in [6.07, 6.45) is 0. The molecule has 0 nitrogen and oxygen atoms in total. The number of rotatable bonds is 0. The van der Waals surface area contributed by atoms with E-state index in [1.807, 2.05) is 0 Å². The quantitative estimate of drug-likeness (QED) is 0.512. The molecule has 0 aromatic heterocycles. The van der Waals surface area contributed by atoms with Gasteiger partial charge >= 0.3 is 59.6 Å². The second-order valence-electron chi connectivity index (χ2n) is 0.639. The summed E-state index contributed by atoms with van der Waals surface area (Å²) in [5, 5.41) is 0. The first kappa shape index (κ1) is 22.6. The van der Waals surface area contributed by atoms with Crippen LogP contribution in [0.25, 0.3) is 0 Å². The Morgan fingerprint density at radius 2 is 0.556 bits per heavy atom. The van der Waals surface area contributed by atoms with Crippen LogP contribution in [-0.2, 0) is 0 Å². The zero-order valence-electron chi connectivity index (χ0n) is 3.56. The first-order valence-electron chi connectivity index (χ1n) is 0.845. The summed E-state index contributed by atoms with van der Waals surface area (Å²) in [6, 6.07) is 0. The molecule has 0 radical (unpaired) electrons. The second-order valence-corrected chi connectivity index (χ2v) is 17.2. The number of hydrogen-bond acceptors (Lipinski definition) is 0. The van der Waals surface area contributed by atoms with Gasteiger partial charge in [0.05, 0.1) is 0 Å². The van der Waals surface area contributed by atoms with Crippen LogP contribution in [0.2, 0.25) is 0 Å². The summed E-state index contributed by atoms with van der Waals surface area (Å²) in [5.41, 5.74) is 0. The summed E-state index contributed by atoms with van der Waals surface area (Å²) in [7, 11) is 0. The molecule has 0 aliphatic heterocycles. The van der Waals surface area contributed by atoms with Gasteiger partial charge in [-0.3, -0.25) is 0 Å². The molecule has 0 unspecified atom stereocenters. The van der Waals surface area contributed by atoms with Crippen molar-refractivity contribution in [3.8, 4) is 0 Å². The third kappa shape index (κ3) is 109. The monoisotopic (exact) mass is 314 g/mol. The Hall–Kier alpha value is 2.75. The van der Waals surface area contributed by atoms with E-state index in [1.165, 1.54) is 0 Å². The van der Waals surface area contributed by atoms with Crippen LogP contribution in [0.3, 0.4) is 0 Å². The van der Waals surface area contributed by atoms with Gasteiger partial charge in [0.25, 0.3) is 0 Å². The van der Waals surface area contributed by atoms with Gasteiger partial charge in [0.2, 0.25) is 0 Å².